The van der Waals surface area contributed by atoms with E-state index in [-0.39, 0.29) is 12.3 Å². The topological polar surface area (TPSA) is 93.8 Å². The van der Waals surface area contributed by atoms with Gasteiger partial charge in [-0.1, -0.05) is 54.6 Å². The zero-order valence-corrected chi connectivity index (χ0v) is 15.0. The van der Waals surface area contributed by atoms with Gasteiger partial charge in [0.25, 0.3) is 0 Å². The average molecular weight is 357 g/mol. The molecule has 1 aromatic carbocycles. The number of nitrogens with one attached hydrogen (secondary N) is 1. The molecule has 0 unspecified atom stereocenters. The lowest BCUT2D eigenvalue weighted by Crippen LogP contribution is -2.12. The Morgan fingerprint density at radius 3 is 2.64 bits per heavy atom. The Hall–Kier alpha value is -2.61. The van der Waals surface area contributed by atoms with E-state index in [0.717, 1.165) is 23.4 Å². The van der Waals surface area contributed by atoms with Crippen LogP contribution in [0.1, 0.15) is 36.7 Å². The molecule has 7 nitrogen and oxygen atoms in total. The third-order valence-electron chi connectivity index (χ3n) is 3.67. The maximum atomic E-state index is 12.0. The Kier molecular flexibility index (Phi) is 5.49. The maximum Gasteiger partial charge on any atom is 0.227 e. The van der Waals surface area contributed by atoms with E-state index in [9.17, 15) is 4.79 Å². The first-order chi connectivity index (χ1) is 12.2. The second-order valence-electron chi connectivity index (χ2n) is 5.46. The molecule has 1 N–H and O–H groups in total. The molecule has 0 fully saturated rings. The summed E-state index contributed by atoms with van der Waals surface area (Å²) in [5.41, 5.74) is 2.16. The predicted molar refractivity (Wildman–Crippen MR) is 95.3 cm³/mol. The first-order valence-electron chi connectivity index (χ1n) is 8.22. The molecule has 0 atom stereocenters. The Morgan fingerprint density at radius 1 is 1.16 bits per heavy atom. The number of carbonyl (C=O) groups excluding carboxylic acids is 1. The first kappa shape index (κ1) is 17.2. The van der Waals surface area contributed by atoms with Crippen LogP contribution in [0.5, 0.6) is 0 Å². The smallest absolute Gasteiger partial charge is 0.227 e. The van der Waals surface area contributed by atoms with Crippen LogP contribution in [-0.4, -0.2) is 26.2 Å². The zero-order chi connectivity index (χ0) is 17.6. The molecule has 0 bridgehead atoms. The molecule has 3 aromatic rings. The minimum Gasteiger partial charge on any atom is -0.339 e. The molecule has 2 aromatic heterocycles. The molecule has 0 radical (unpaired) electrons. The molecule has 1 amide bonds. The van der Waals surface area contributed by atoms with E-state index in [4.69, 9.17) is 4.52 Å². The van der Waals surface area contributed by atoms with Gasteiger partial charge < -0.3 is 9.84 Å². The average Bonchev–Trinajstić information content (AvgIpc) is 3.29. The van der Waals surface area contributed by atoms with Gasteiger partial charge in [-0.15, -0.1) is 10.2 Å². The van der Waals surface area contributed by atoms with E-state index >= 15 is 0 Å². The van der Waals surface area contributed by atoms with Crippen LogP contribution in [0.15, 0.2) is 28.8 Å². The third-order valence-corrected chi connectivity index (χ3v) is 4.65. The number of aromatic nitrogens is 4. The van der Waals surface area contributed by atoms with E-state index in [1.807, 2.05) is 31.2 Å². The van der Waals surface area contributed by atoms with Gasteiger partial charge in [0.15, 0.2) is 0 Å². The van der Waals surface area contributed by atoms with Crippen LogP contribution in [0.4, 0.5) is 5.13 Å². The summed E-state index contributed by atoms with van der Waals surface area (Å²) in [4.78, 5) is 16.3. The molecule has 8 heteroatoms. The molecule has 130 valence electrons. The summed E-state index contributed by atoms with van der Waals surface area (Å²) >= 11 is 1.38. The van der Waals surface area contributed by atoms with Crippen molar-refractivity contribution in [1.29, 1.82) is 0 Å². The fourth-order valence-electron chi connectivity index (χ4n) is 2.21. The summed E-state index contributed by atoms with van der Waals surface area (Å²) in [5.74, 6) is 0.830. The van der Waals surface area contributed by atoms with Crippen molar-refractivity contribution in [1.82, 2.24) is 20.3 Å². The standard InChI is InChI=1S/C17H19N5O2S/c1-3-11-5-7-12(8-6-11)16-19-14(24-22-16)10-9-13(23)18-17-21-20-15(4-2)25-17/h5-8H,3-4,9-10H2,1-2H3,(H,18,21,23). The molecular formula is C17H19N5O2S. The predicted octanol–water partition coefficient (Wildman–Crippen LogP) is 3.28. The Labute approximate surface area is 149 Å². The number of carbonyl (C=O) groups is 1. The Balaban J connectivity index is 1.54. The molecule has 25 heavy (non-hydrogen) atoms. The number of hydrogen-bond donors (Lipinski definition) is 1. The van der Waals surface area contributed by atoms with Crippen molar-refractivity contribution in [2.45, 2.75) is 39.5 Å². The van der Waals surface area contributed by atoms with E-state index in [1.54, 1.807) is 0 Å². The maximum absolute atomic E-state index is 12.0. The van der Waals surface area contributed by atoms with Crippen molar-refractivity contribution in [2.75, 3.05) is 5.32 Å². The van der Waals surface area contributed by atoms with E-state index in [0.29, 0.717) is 23.3 Å². The number of rotatable bonds is 7. The summed E-state index contributed by atoms with van der Waals surface area (Å²) in [5, 5.41) is 16.0. The largest absolute Gasteiger partial charge is 0.339 e. The van der Waals surface area contributed by atoms with Crippen molar-refractivity contribution in [3.05, 3.63) is 40.7 Å². The van der Waals surface area contributed by atoms with E-state index < -0.39 is 0 Å². The molecule has 0 aliphatic rings. The van der Waals surface area contributed by atoms with Gasteiger partial charge in [-0.2, -0.15) is 4.98 Å². The molecule has 0 aliphatic heterocycles. The van der Waals surface area contributed by atoms with Crippen LogP contribution in [0.3, 0.4) is 0 Å². The summed E-state index contributed by atoms with van der Waals surface area (Å²) in [6.07, 6.45) is 2.42. The van der Waals surface area contributed by atoms with Crippen LogP contribution >= 0.6 is 11.3 Å². The summed E-state index contributed by atoms with van der Waals surface area (Å²) in [6.45, 7) is 4.10. The zero-order valence-electron chi connectivity index (χ0n) is 14.2. The highest BCUT2D eigenvalue weighted by Crippen LogP contribution is 2.18. The van der Waals surface area contributed by atoms with E-state index in [2.05, 4.69) is 32.6 Å². The van der Waals surface area contributed by atoms with Crippen LogP contribution in [0.2, 0.25) is 0 Å². The molecular weight excluding hydrogens is 338 g/mol. The van der Waals surface area contributed by atoms with Gasteiger partial charge >= 0.3 is 0 Å². The minimum absolute atomic E-state index is 0.147. The highest BCUT2D eigenvalue weighted by atomic mass is 32.1. The fourth-order valence-corrected chi connectivity index (χ4v) is 2.91. The quantitative estimate of drug-likeness (QED) is 0.697. The molecule has 3 rings (SSSR count). The Morgan fingerprint density at radius 2 is 1.96 bits per heavy atom. The lowest BCUT2D eigenvalue weighted by Gasteiger charge is -1.98. The first-order valence-corrected chi connectivity index (χ1v) is 9.03. The SMILES string of the molecule is CCc1ccc(-c2noc(CCC(=O)Nc3nnc(CC)s3)n2)cc1. The van der Waals surface area contributed by atoms with Crippen LogP contribution in [-0.2, 0) is 24.1 Å². The second-order valence-corrected chi connectivity index (χ2v) is 6.53. The fraction of sp³-hybridized carbons (Fsp3) is 0.353. The van der Waals surface area contributed by atoms with Gasteiger partial charge in [0.2, 0.25) is 22.8 Å². The van der Waals surface area contributed by atoms with Crippen molar-refractivity contribution in [3.8, 4) is 11.4 Å². The molecule has 0 saturated heterocycles. The number of benzene rings is 1. The number of anilines is 1. The van der Waals surface area contributed by atoms with Gasteiger partial charge in [0.05, 0.1) is 0 Å². The highest BCUT2D eigenvalue weighted by Gasteiger charge is 2.12. The van der Waals surface area contributed by atoms with Crippen molar-refractivity contribution >= 4 is 22.4 Å². The van der Waals surface area contributed by atoms with Crippen molar-refractivity contribution < 1.29 is 9.32 Å². The molecule has 0 spiro atoms. The Bertz CT molecular complexity index is 841. The van der Waals surface area contributed by atoms with Crippen LogP contribution in [0, 0.1) is 0 Å². The monoisotopic (exact) mass is 357 g/mol. The summed E-state index contributed by atoms with van der Waals surface area (Å²) in [7, 11) is 0. The minimum atomic E-state index is -0.147. The van der Waals surface area contributed by atoms with Crippen LogP contribution < -0.4 is 5.32 Å². The van der Waals surface area contributed by atoms with Crippen molar-refractivity contribution in [2.24, 2.45) is 0 Å². The lowest BCUT2D eigenvalue weighted by molar-refractivity contribution is -0.116. The number of aryl methyl sites for hydroxylation is 3. The van der Waals surface area contributed by atoms with Gasteiger partial charge in [-0.25, -0.2) is 0 Å². The second kappa shape index (κ2) is 7.98. The van der Waals surface area contributed by atoms with Crippen LogP contribution in [0.25, 0.3) is 11.4 Å². The number of nitrogens with zero attached hydrogens (tertiary/aromatic N) is 4. The van der Waals surface area contributed by atoms with E-state index in [1.165, 1.54) is 16.9 Å². The van der Waals surface area contributed by atoms with Gasteiger partial charge in [0.1, 0.15) is 5.01 Å². The molecule has 0 aliphatic carbocycles. The highest BCUT2D eigenvalue weighted by molar-refractivity contribution is 7.15. The number of amides is 1. The number of hydrogen-bond acceptors (Lipinski definition) is 7. The van der Waals surface area contributed by atoms with Gasteiger partial charge in [0, 0.05) is 18.4 Å². The summed E-state index contributed by atoms with van der Waals surface area (Å²) in [6, 6.07) is 8.04. The van der Waals surface area contributed by atoms with Gasteiger partial charge in [-0.3, -0.25) is 4.79 Å². The lowest BCUT2D eigenvalue weighted by atomic mass is 10.1. The molecule has 2 heterocycles. The normalized spacial score (nSPS) is 10.8. The summed E-state index contributed by atoms with van der Waals surface area (Å²) < 4.78 is 5.23. The molecule has 0 saturated carbocycles. The van der Waals surface area contributed by atoms with Crippen molar-refractivity contribution in [3.63, 3.8) is 0 Å². The van der Waals surface area contributed by atoms with Gasteiger partial charge in [-0.05, 0) is 18.4 Å². The third kappa shape index (κ3) is 4.48.